The zero-order valence-corrected chi connectivity index (χ0v) is 12.7. The lowest BCUT2D eigenvalue weighted by atomic mass is 10.2. The second kappa shape index (κ2) is 7.61. The van der Waals surface area contributed by atoms with E-state index in [-0.39, 0.29) is 0 Å². The van der Waals surface area contributed by atoms with E-state index in [4.69, 9.17) is 16.9 Å². The van der Waals surface area contributed by atoms with Crippen LogP contribution in [0.2, 0.25) is 5.15 Å². The molecule has 0 atom stereocenters. The van der Waals surface area contributed by atoms with Crippen molar-refractivity contribution >= 4 is 23.1 Å². The highest BCUT2D eigenvalue weighted by Crippen LogP contribution is 2.25. The fourth-order valence-electron chi connectivity index (χ4n) is 2.07. The van der Waals surface area contributed by atoms with Gasteiger partial charge in [0.1, 0.15) is 16.8 Å². The molecule has 0 N–H and O–H groups in total. The Morgan fingerprint density at radius 1 is 1.24 bits per heavy atom. The van der Waals surface area contributed by atoms with Crippen molar-refractivity contribution in [2.75, 3.05) is 11.4 Å². The van der Waals surface area contributed by atoms with E-state index in [1.807, 2.05) is 35.2 Å². The maximum atomic E-state index is 8.87. The smallest absolute Gasteiger partial charge is 0.138 e. The van der Waals surface area contributed by atoms with Gasteiger partial charge < -0.3 is 4.90 Å². The molecule has 0 saturated heterocycles. The first-order valence-electron chi connectivity index (χ1n) is 6.97. The van der Waals surface area contributed by atoms with Gasteiger partial charge in [-0.05, 0) is 18.6 Å². The molecule has 1 heterocycles. The van der Waals surface area contributed by atoms with Crippen LogP contribution in [0.3, 0.4) is 0 Å². The van der Waals surface area contributed by atoms with E-state index in [0.29, 0.717) is 18.1 Å². The molecule has 0 aliphatic carbocycles. The number of hydrogen-bond donors (Lipinski definition) is 0. The molecular formula is C16H17ClN4. The molecule has 0 bridgehead atoms. The SMILES string of the molecule is CCCc1nc(Cl)cc(N(CCC#N)c2ccccc2)n1. The van der Waals surface area contributed by atoms with Gasteiger partial charge in [-0.3, -0.25) is 0 Å². The van der Waals surface area contributed by atoms with Gasteiger partial charge in [0.15, 0.2) is 0 Å². The number of anilines is 2. The Balaban J connectivity index is 2.39. The standard InChI is InChI=1S/C16H17ClN4/c1-2-7-15-19-14(17)12-16(20-15)21(11-6-10-18)13-8-4-3-5-9-13/h3-5,8-9,12H,2,6-7,11H2,1H3. The molecule has 0 aliphatic rings. The van der Waals surface area contributed by atoms with Crippen molar-refractivity contribution in [1.29, 1.82) is 5.26 Å². The molecule has 1 aromatic heterocycles. The maximum absolute atomic E-state index is 8.87. The van der Waals surface area contributed by atoms with Crippen molar-refractivity contribution in [2.24, 2.45) is 0 Å². The number of nitrogens with zero attached hydrogens (tertiary/aromatic N) is 4. The van der Waals surface area contributed by atoms with Gasteiger partial charge >= 0.3 is 0 Å². The minimum atomic E-state index is 0.416. The Bertz CT molecular complexity index is 622. The summed E-state index contributed by atoms with van der Waals surface area (Å²) in [4.78, 5) is 10.8. The first-order chi connectivity index (χ1) is 10.2. The van der Waals surface area contributed by atoms with Gasteiger partial charge in [0.05, 0.1) is 12.5 Å². The van der Waals surface area contributed by atoms with Gasteiger partial charge in [0.25, 0.3) is 0 Å². The summed E-state index contributed by atoms with van der Waals surface area (Å²) in [5.74, 6) is 1.47. The monoisotopic (exact) mass is 300 g/mol. The summed E-state index contributed by atoms with van der Waals surface area (Å²) >= 11 is 6.11. The van der Waals surface area contributed by atoms with Gasteiger partial charge in [0.2, 0.25) is 0 Å². The largest absolute Gasteiger partial charge is 0.325 e. The summed E-state index contributed by atoms with van der Waals surface area (Å²) in [5, 5.41) is 9.30. The molecule has 108 valence electrons. The summed E-state index contributed by atoms with van der Waals surface area (Å²) in [6.45, 7) is 2.65. The first kappa shape index (κ1) is 15.3. The van der Waals surface area contributed by atoms with E-state index >= 15 is 0 Å². The fourth-order valence-corrected chi connectivity index (χ4v) is 2.27. The Morgan fingerprint density at radius 2 is 2.00 bits per heavy atom. The van der Waals surface area contributed by atoms with Gasteiger partial charge in [-0.15, -0.1) is 0 Å². The molecule has 2 rings (SSSR count). The molecule has 2 aromatic rings. The van der Waals surface area contributed by atoms with Gasteiger partial charge in [-0.25, -0.2) is 9.97 Å². The highest BCUT2D eigenvalue weighted by atomic mass is 35.5. The third kappa shape index (κ3) is 4.17. The van der Waals surface area contributed by atoms with Crippen LogP contribution in [-0.4, -0.2) is 16.5 Å². The summed E-state index contributed by atoms with van der Waals surface area (Å²) in [7, 11) is 0. The Kier molecular flexibility index (Phi) is 5.53. The van der Waals surface area contributed by atoms with Crippen LogP contribution in [0, 0.1) is 11.3 Å². The Hall–Kier alpha value is -2.12. The van der Waals surface area contributed by atoms with Crippen molar-refractivity contribution in [1.82, 2.24) is 9.97 Å². The average molecular weight is 301 g/mol. The molecule has 0 spiro atoms. The van der Waals surface area contributed by atoms with Crippen molar-refractivity contribution in [3.8, 4) is 6.07 Å². The molecule has 0 unspecified atom stereocenters. The van der Waals surface area contributed by atoms with Crippen LogP contribution in [0.5, 0.6) is 0 Å². The summed E-state index contributed by atoms with van der Waals surface area (Å²) in [6, 6.07) is 13.8. The zero-order valence-electron chi connectivity index (χ0n) is 12.0. The molecule has 0 aliphatic heterocycles. The molecule has 0 saturated carbocycles. The topological polar surface area (TPSA) is 52.8 Å². The normalized spacial score (nSPS) is 10.1. The van der Waals surface area contributed by atoms with Crippen LogP contribution in [0.4, 0.5) is 11.5 Å². The van der Waals surface area contributed by atoms with Crippen LogP contribution in [0.1, 0.15) is 25.6 Å². The van der Waals surface area contributed by atoms with Crippen molar-refractivity contribution < 1.29 is 0 Å². The first-order valence-corrected chi connectivity index (χ1v) is 7.35. The molecule has 0 radical (unpaired) electrons. The summed E-state index contributed by atoms with van der Waals surface area (Å²) < 4.78 is 0. The molecule has 0 fully saturated rings. The van der Waals surface area contributed by atoms with Gasteiger partial charge in [0, 0.05) is 24.7 Å². The molecule has 4 nitrogen and oxygen atoms in total. The van der Waals surface area contributed by atoms with E-state index in [1.54, 1.807) is 6.07 Å². The lowest BCUT2D eigenvalue weighted by Crippen LogP contribution is -2.20. The van der Waals surface area contributed by atoms with Gasteiger partial charge in [-0.1, -0.05) is 36.7 Å². The number of benzene rings is 1. The molecule has 0 amide bonds. The van der Waals surface area contributed by atoms with Crippen molar-refractivity contribution in [3.63, 3.8) is 0 Å². The summed E-state index contributed by atoms with van der Waals surface area (Å²) in [6.07, 6.45) is 2.16. The second-order valence-corrected chi connectivity index (χ2v) is 5.00. The maximum Gasteiger partial charge on any atom is 0.138 e. The predicted molar refractivity (Wildman–Crippen MR) is 84.7 cm³/mol. The van der Waals surface area contributed by atoms with E-state index in [0.717, 1.165) is 30.2 Å². The highest BCUT2D eigenvalue weighted by Gasteiger charge is 2.13. The summed E-state index contributed by atoms with van der Waals surface area (Å²) in [5.41, 5.74) is 0.991. The minimum absolute atomic E-state index is 0.416. The predicted octanol–water partition coefficient (Wildman–Crippen LogP) is 4.13. The number of hydrogen-bond acceptors (Lipinski definition) is 4. The molecule has 5 heteroatoms. The zero-order chi connectivity index (χ0) is 15.1. The number of nitriles is 1. The Labute approximate surface area is 130 Å². The van der Waals surface area contributed by atoms with E-state index < -0.39 is 0 Å². The van der Waals surface area contributed by atoms with Crippen LogP contribution < -0.4 is 4.90 Å². The fraction of sp³-hybridized carbons (Fsp3) is 0.312. The molecule has 1 aromatic carbocycles. The second-order valence-electron chi connectivity index (χ2n) is 4.61. The third-order valence-electron chi connectivity index (χ3n) is 2.99. The van der Waals surface area contributed by atoms with E-state index in [2.05, 4.69) is 23.0 Å². The van der Waals surface area contributed by atoms with Crippen LogP contribution in [-0.2, 0) is 6.42 Å². The van der Waals surface area contributed by atoms with Crippen LogP contribution in [0.25, 0.3) is 0 Å². The number of para-hydroxylation sites is 1. The highest BCUT2D eigenvalue weighted by molar-refractivity contribution is 6.29. The lowest BCUT2D eigenvalue weighted by Gasteiger charge is -2.23. The molecule has 21 heavy (non-hydrogen) atoms. The quantitative estimate of drug-likeness (QED) is 0.753. The lowest BCUT2D eigenvalue weighted by molar-refractivity contribution is 0.821. The minimum Gasteiger partial charge on any atom is -0.325 e. The number of halogens is 1. The Morgan fingerprint density at radius 3 is 2.67 bits per heavy atom. The number of aryl methyl sites for hydroxylation is 1. The average Bonchev–Trinajstić information content (AvgIpc) is 2.48. The third-order valence-corrected chi connectivity index (χ3v) is 3.19. The van der Waals surface area contributed by atoms with Crippen LogP contribution in [0.15, 0.2) is 36.4 Å². The van der Waals surface area contributed by atoms with Gasteiger partial charge in [-0.2, -0.15) is 5.26 Å². The van der Waals surface area contributed by atoms with Crippen molar-refractivity contribution in [3.05, 3.63) is 47.4 Å². The number of aromatic nitrogens is 2. The van der Waals surface area contributed by atoms with E-state index in [9.17, 15) is 0 Å². The van der Waals surface area contributed by atoms with Crippen LogP contribution >= 0.6 is 11.6 Å². The van der Waals surface area contributed by atoms with Crippen molar-refractivity contribution in [2.45, 2.75) is 26.2 Å². The van der Waals surface area contributed by atoms with E-state index in [1.165, 1.54) is 0 Å². The number of rotatable bonds is 6. The molecular weight excluding hydrogens is 284 g/mol.